The van der Waals surface area contributed by atoms with Crippen LogP contribution in [0.5, 0.6) is 0 Å². The number of allylic oxidation sites excluding steroid dienone is 4. The molecule has 13 heavy (non-hydrogen) atoms. The minimum Gasteiger partial charge on any atom is -0.273 e. The van der Waals surface area contributed by atoms with Crippen molar-refractivity contribution in [3.63, 3.8) is 0 Å². The summed E-state index contributed by atoms with van der Waals surface area (Å²) in [4.78, 5) is 0. The molecule has 0 radical (unpaired) electrons. The van der Waals surface area contributed by atoms with Gasteiger partial charge in [-0.2, -0.15) is 5.57 Å². The van der Waals surface area contributed by atoms with Gasteiger partial charge in [0.25, 0.3) is 0 Å². The van der Waals surface area contributed by atoms with Crippen LogP contribution in [-0.2, 0) is 21.7 Å². The summed E-state index contributed by atoms with van der Waals surface area (Å²) in [5.74, 6) is 0. The van der Waals surface area contributed by atoms with Crippen LogP contribution >= 0.6 is 24.8 Å². The van der Waals surface area contributed by atoms with Gasteiger partial charge < -0.3 is 0 Å². The fourth-order valence-corrected chi connectivity index (χ4v) is 3.29. The Morgan fingerprint density at radius 2 is 1.69 bits per heavy atom. The van der Waals surface area contributed by atoms with Gasteiger partial charge in [-0.25, -0.2) is 11.3 Å². The maximum Gasteiger partial charge on any atom is 0 e. The van der Waals surface area contributed by atoms with Crippen LogP contribution in [-0.4, -0.2) is 8.07 Å². The SMILES string of the molecule is CC1=C([Si](C)(C)C)C=[C-]C1.Cl.Cl.[Ti]. The van der Waals surface area contributed by atoms with E-state index in [1.807, 2.05) is 0 Å². The third-order valence-corrected chi connectivity index (χ3v) is 4.07. The molecular weight excluding hydrogens is 255 g/mol. The topological polar surface area (TPSA) is 0 Å². The van der Waals surface area contributed by atoms with Crippen molar-refractivity contribution in [2.75, 3.05) is 0 Å². The van der Waals surface area contributed by atoms with Crippen molar-refractivity contribution in [3.05, 3.63) is 22.9 Å². The van der Waals surface area contributed by atoms with E-state index < -0.39 is 8.07 Å². The Hall–Kier alpha value is 0.991. The van der Waals surface area contributed by atoms with E-state index in [0.717, 1.165) is 6.42 Å². The van der Waals surface area contributed by atoms with Crippen molar-refractivity contribution in [1.29, 1.82) is 0 Å². The molecule has 0 bridgehead atoms. The number of rotatable bonds is 1. The van der Waals surface area contributed by atoms with E-state index in [0.29, 0.717) is 0 Å². The van der Waals surface area contributed by atoms with Crippen LogP contribution in [0.1, 0.15) is 13.3 Å². The van der Waals surface area contributed by atoms with Crippen molar-refractivity contribution in [2.24, 2.45) is 0 Å². The Balaban J connectivity index is -0.000000333. The summed E-state index contributed by atoms with van der Waals surface area (Å²) < 4.78 is 0. The summed E-state index contributed by atoms with van der Waals surface area (Å²) in [6.45, 7) is 9.38. The zero-order valence-corrected chi connectivity index (χ0v) is 12.8. The fraction of sp³-hybridized carbons (Fsp3) is 0.556. The Labute approximate surface area is 110 Å². The molecule has 0 nitrogen and oxygen atoms in total. The monoisotopic (exact) mass is 271 g/mol. The molecule has 0 saturated heterocycles. The van der Waals surface area contributed by atoms with Crippen LogP contribution in [0.4, 0.5) is 0 Å². The second-order valence-electron chi connectivity index (χ2n) is 3.97. The molecule has 0 N–H and O–H groups in total. The van der Waals surface area contributed by atoms with Crippen molar-refractivity contribution >= 4 is 32.9 Å². The Bertz CT molecular complexity index is 204. The molecule has 0 aromatic rings. The zero-order chi connectivity index (χ0) is 7.78. The van der Waals surface area contributed by atoms with Crippen LogP contribution in [0.3, 0.4) is 0 Å². The number of hydrogen-bond donors (Lipinski definition) is 0. The molecule has 0 heterocycles. The van der Waals surface area contributed by atoms with Crippen LogP contribution in [0, 0.1) is 6.08 Å². The van der Waals surface area contributed by atoms with Crippen LogP contribution in [0.2, 0.25) is 19.6 Å². The molecule has 0 saturated carbocycles. The molecule has 76 valence electrons. The Morgan fingerprint density at radius 3 is 1.85 bits per heavy atom. The summed E-state index contributed by atoms with van der Waals surface area (Å²) in [5.41, 5.74) is 1.54. The van der Waals surface area contributed by atoms with E-state index >= 15 is 0 Å². The van der Waals surface area contributed by atoms with E-state index in [1.165, 1.54) is 0 Å². The molecule has 0 fully saturated rings. The first-order chi connectivity index (χ1) is 4.52. The van der Waals surface area contributed by atoms with Crippen LogP contribution in [0.25, 0.3) is 0 Å². The second-order valence-corrected chi connectivity index (χ2v) is 9.01. The van der Waals surface area contributed by atoms with Gasteiger partial charge in [-0.15, -0.1) is 31.2 Å². The second kappa shape index (κ2) is 7.30. The van der Waals surface area contributed by atoms with Gasteiger partial charge >= 0.3 is 0 Å². The minimum absolute atomic E-state index is 0. The maximum absolute atomic E-state index is 3.26. The van der Waals surface area contributed by atoms with Gasteiger partial charge in [0.15, 0.2) is 0 Å². The average Bonchev–Trinajstić information content (AvgIpc) is 2.11. The average molecular weight is 272 g/mol. The molecule has 0 aromatic carbocycles. The predicted molar refractivity (Wildman–Crippen MR) is 63.0 cm³/mol. The van der Waals surface area contributed by atoms with E-state index in [-0.39, 0.29) is 46.5 Å². The van der Waals surface area contributed by atoms with Gasteiger partial charge in [0, 0.05) is 21.7 Å². The largest absolute Gasteiger partial charge is 0.273 e. The molecular formula is C9H17Cl2SiTi-. The first kappa shape index (κ1) is 19.5. The summed E-state index contributed by atoms with van der Waals surface area (Å²) in [5, 5.41) is 1.60. The Kier molecular flexibility index (Phi) is 11.0. The minimum atomic E-state index is -1.03. The third-order valence-electron chi connectivity index (χ3n) is 1.88. The summed E-state index contributed by atoms with van der Waals surface area (Å²) in [6, 6.07) is 0. The van der Waals surface area contributed by atoms with Crippen LogP contribution in [0.15, 0.2) is 16.8 Å². The van der Waals surface area contributed by atoms with Crippen molar-refractivity contribution < 1.29 is 21.7 Å². The van der Waals surface area contributed by atoms with E-state index in [9.17, 15) is 0 Å². The van der Waals surface area contributed by atoms with Gasteiger partial charge in [0.1, 0.15) is 0 Å². The summed E-state index contributed by atoms with van der Waals surface area (Å²) in [7, 11) is -1.03. The van der Waals surface area contributed by atoms with Crippen molar-refractivity contribution in [3.8, 4) is 0 Å². The van der Waals surface area contributed by atoms with Gasteiger partial charge in [-0.05, 0) is 8.07 Å². The van der Waals surface area contributed by atoms with E-state index in [4.69, 9.17) is 0 Å². The van der Waals surface area contributed by atoms with Gasteiger partial charge in [0.2, 0.25) is 0 Å². The first-order valence-electron chi connectivity index (χ1n) is 3.78. The summed E-state index contributed by atoms with van der Waals surface area (Å²) in [6.07, 6.45) is 6.53. The third kappa shape index (κ3) is 5.44. The zero-order valence-electron chi connectivity index (χ0n) is 8.60. The molecule has 4 heteroatoms. The molecule has 0 aliphatic heterocycles. The van der Waals surface area contributed by atoms with Crippen molar-refractivity contribution in [2.45, 2.75) is 33.0 Å². The Morgan fingerprint density at radius 1 is 1.23 bits per heavy atom. The molecule has 0 unspecified atom stereocenters. The molecule has 0 amide bonds. The van der Waals surface area contributed by atoms with Gasteiger partial charge in [-0.3, -0.25) is 6.08 Å². The van der Waals surface area contributed by atoms with E-state index in [2.05, 4.69) is 38.7 Å². The molecule has 0 aromatic heterocycles. The smallest absolute Gasteiger partial charge is 0 e. The van der Waals surface area contributed by atoms with Gasteiger partial charge in [0.05, 0.1) is 0 Å². The standard InChI is InChI=1S/C9H15Si.2ClH.Ti/c1-8-6-5-7-9(8)10(2,3)4;;;/h7H,6H2,1-4H3;2*1H;/q-1;;;. The van der Waals surface area contributed by atoms with Crippen LogP contribution < -0.4 is 0 Å². The fourth-order valence-electron chi connectivity index (χ4n) is 1.38. The quantitative estimate of drug-likeness (QED) is 0.503. The predicted octanol–water partition coefficient (Wildman–Crippen LogP) is 3.78. The molecule has 0 spiro atoms. The summed E-state index contributed by atoms with van der Waals surface area (Å²) >= 11 is 0. The number of hydrogen-bond acceptors (Lipinski definition) is 0. The molecule has 1 rings (SSSR count). The normalized spacial score (nSPS) is 14.5. The van der Waals surface area contributed by atoms with Gasteiger partial charge in [-0.1, -0.05) is 26.6 Å². The number of halogens is 2. The van der Waals surface area contributed by atoms with E-state index in [1.54, 1.807) is 10.8 Å². The first-order valence-corrected chi connectivity index (χ1v) is 7.28. The molecule has 1 aliphatic rings. The molecule has 0 atom stereocenters. The maximum atomic E-state index is 3.26. The molecule has 1 aliphatic carbocycles. The van der Waals surface area contributed by atoms with Crippen molar-refractivity contribution in [1.82, 2.24) is 0 Å².